The summed E-state index contributed by atoms with van der Waals surface area (Å²) in [6.45, 7) is 1.70. The minimum Gasteiger partial charge on any atom is -0.478 e. The van der Waals surface area contributed by atoms with E-state index in [0.29, 0.717) is 21.6 Å². The van der Waals surface area contributed by atoms with E-state index in [9.17, 15) is 9.18 Å². The summed E-state index contributed by atoms with van der Waals surface area (Å²) in [7, 11) is 0. The Morgan fingerprint density at radius 3 is 3.07 bits per heavy atom. The molecule has 0 fully saturated rings. The van der Waals surface area contributed by atoms with Crippen molar-refractivity contribution in [2.24, 2.45) is 0 Å². The molecule has 0 saturated heterocycles. The number of hydrogen-bond donors (Lipinski definition) is 0. The minimum atomic E-state index is -0.603. The zero-order valence-electron chi connectivity index (χ0n) is 14.0. The fourth-order valence-corrected chi connectivity index (χ4v) is 3.72. The highest BCUT2D eigenvalue weighted by Crippen LogP contribution is 2.26. The van der Waals surface area contributed by atoms with Crippen molar-refractivity contribution in [3.05, 3.63) is 69.7 Å². The molecule has 0 aliphatic carbocycles. The average Bonchev–Trinajstić information content (AvgIpc) is 3.31. The third kappa shape index (κ3) is 3.86. The molecule has 1 unspecified atom stereocenters. The summed E-state index contributed by atoms with van der Waals surface area (Å²) < 4.78 is 26.3. The number of hydrogen-bond acceptors (Lipinski definition) is 8. The van der Waals surface area contributed by atoms with Crippen molar-refractivity contribution in [2.45, 2.75) is 24.0 Å². The van der Waals surface area contributed by atoms with Crippen LogP contribution < -0.4 is 10.3 Å². The Hall–Kier alpha value is -2.72. The molecule has 1 atom stereocenters. The van der Waals surface area contributed by atoms with Gasteiger partial charge in [0, 0.05) is 23.4 Å². The van der Waals surface area contributed by atoms with E-state index in [1.807, 2.05) is 5.38 Å². The van der Waals surface area contributed by atoms with E-state index in [1.54, 1.807) is 25.3 Å². The Bertz CT molecular complexity index is 1140. The van der Waals surface area contributed by atoms with Crippen LogP contribution in [0.25, 0.3) is 4.96 Å². The molecule has 3 aromatic heterocycles. The molecule has 4 rings (SSSR count). The molecule has 0 radical (unpaired) electrons. The number of thioether (sulfide) groups is 1. The maximum atomic E-state index is 13.7. The molecule has 0 aliphatic rings. The molecule has 0 spiro atoms. The smallest absolute Gasteiger partial charge is 0.277 e. The molecular formula is C17H13FN4O3S2. The molecule has 7 nitrogen and oxygen atoms in total. The molecular weight excluding hydrogens is 391 g/mol. The van der Waals surface area contributed by atoms with Crippen LogP contribution in [0.15, 0.2) is 56.3 Å². The number of fused-ring (bicyclic) bond motifs is 1. The van der Waals surface area contributed by atoms with Crippen molar-refractivity contribution in [1.29, 1.82) is 0 Å². The van der Waals surface area contributed by atoms with Gasteiger partial charge >= 0.3 is 0 Å². The molecule has 0 N–H and O–H groups in total. The first-order valence-electron chi connectivity index (χ1n) is 7.93. The summed E-state index contributed by atoms with van der Waals surface area (Å²) >= 11 is 2.66. The Labute approximate surface area is 160 Å². The zero-order valence-corrected chi connectivity index (χ0v) is 15.7. The topological polar surface area (TPSA) is 82.5 Å². The van der Waals surface area contributed by atoms with E-state index in [2.05, 4.69) is 15.2 Å². The summed E-state index contributed by atoms with van der Waals surface area (Å²) in [4.78, 5) is 17.0. The van der Waals surface area contributed by atoms with Crippen molar-refractivity contribution in [3.8, 4) is 5.75 Å². The summed E-state index contributed by atoms with van der Waals surface area (Å²) in [5.74, 6) is 0.307. The molecule has 0 amide bonds. The van der Waals surface area contributed by atoms with E-state index in [1.165, 1.54) is 45.7 Å². The lowest BCUT2D eigenvalue weighted by Gasteiger charge is -2.11. The van der Waals surface area contributed by atoms with Gasteiger partial charge in [-0.15, -0.1) is 21.5 Å². The highest BCUT2D eigenvalue weighted by molar-refractivity contribution is 7.98. The zero-order chi connectivity index (χ0) is 18.8. The third-order valence-electron chi connectivity index (χ3n) is 3.61. The summed E-state index contributed by atoms with van der Waals surface area (Å²) in [5, 5.41) is 10.0. The number of thiazole rings is 1. The SMILES string of the molecule is CC(Oc1ccccc1F)c1nnc(SCc2cc(=O)n3ccsc3n2)o1. The Kier molecular flexibility index (Phi) is 4.90. The van der Waals surface area contributed by atoms with Crippen LogP contribution in [0.1, 0.15) is 24.6 Å². The standard InChI is InChI=1S/C17H13FN4O3S2/c1-10(24-13-5-3-2-4-12(13)18)15-20-21-17(25-15)27-9-11-8-14(23)22-6-7-26-16(22)19-11/h2-8,10H,9H2,1H3. The van der Waals surface area contributed by atoms with Crippen LogP contribution in [-0.4, -0.2) is 19.6 Å². The van der Waals surface area contributed by atoms with E-state index < -0.39 is 11.9 Å². The second-order valence-electron chi connectivity index (χ2n) is 5.53. The second-order valence-corrected chi connectivity index (χ2v) is 7.33. The lowest BCUT2D eigenvalue weighted by Crippen LogP contribution is -2.12. The van der Waals surface area contributed by atoms with E-state index in [4.69, 9.17) is 9.15 Å². The lowest BCUT2D eigenvalue weighted by atomic mass is 10.3. The van der Waals surface area contributed by atoms with Gasteiger partial charge in [-0.1, -0.05) is 23.9 Å². The molecule has 1 aromatic carbocycles. The Morgan fingerprint density at radius 1 is 1.37 bits per heavy atom. The summed E-state index contributed by atoms with van der Waals surface area (Å²) in [6, 6.07) is 7.59. The number of aromatic nitrogens is 4. The lowest BCUT2D eigenvalue weighted by molar-refractivity contribution is 0.174. The van der Waals surface area contributed by atoms with Crippen LogP contribution in [0.3, 0.4) is 0 Å². The number of nitrogens with zero attached hydrogens (tertiary/aromatic N) is 4. The first-order valence-corrected chi connectivity index (χ1v) is 9.80. The predicted molar refractivity (Wildman–Crippen MR) is 98.6 cm³/mol. The van der Waals surface area contributed by atoms with Crippen LogP contribution in [0.4, 0.5) is 4.39 Å². The molecule has 0 aliphatic heterocycles. The van der Waals surface area contributed by atoms with Crippen molar-refractivity contribution in [1.82, 2.24) is 19.6 Å². The number of benzene rings is 1. The molecule has 0 bridgehead atoms. The molecule has 0 saturated carbocycles. The van der Waals surface area contributed by atoms with Gasteiger partial charge in [0.1, 0.15) is 0 Å². The van der Waals surface area contributed by atoms with Gasteiger partial charge in [0.25, 0.3) is 16.7 Å². The van der Waals surface area contributed by atoms with E-state index in [-0.39, 0.29) is 17.2 Å². The minimum absolute atomic E-state index is 0.117. The summed E-state index contributed by atoms with van der Waals surface area (Å²) in [5.41, 5.74) is 0.498. The van der Waals surface area contributed by atoms with Gasteiger partial charge < -0.3 is 9.15 Å². The second kappa shape index (κ2) is 7.49. The van der Waals surface area contributed by atoms with E-state index in [0.717, 1.165) is 0 Å². The third-order valence-corrected chi connectivity index (χ3v) is 5.22. The maximum absolute atomic E-state index is 13.7. The van der Waals surface area contributed by atoms with Crippen LogP contribution in [-0.2, 0) is 5.75 Å². The highest BCUT2D eigenvalue weighted by atomic mass is 32.2. The van der Waals surface area contributed by atoms with Gasteiger partial charge in [-0.2, -0.15) is 0 Å². The number of rotatable bonds is 6. The van der Waals surface area contributed by atoms with Crippen LogP contribution in [0.2, 0.25) is 0 Å². The molecule has 3 heterocycles. The largest absolute Gasteiger partial charge is 0.478 e. The highest BCUT2D eigenvalue weighted by Gasteiger charge is 2.18. The molecule has 138 valence electrons. The van der Waals surface area contributed by atoms with E-state index >= 15 is 0 Å². The quantitative estimate of drug-likeness (QED) is 0.453. The van der Waals surface area contributed by atoms with Crippen LogP contribution in [0.5, 0.6) is 5.75 Å². The predicted octanol–water partition coefficient (Wildman–Crippen LogP) is 3.71. The number of para-hydroxylation sites is 1. The maximum Gasteiger partial charge on any atom is 0.277 e. The monoisotopic (exact) mass is 404 g/mol. The van der Waals surface area contributed by atoms with Crippen molar-refractivity contribution < 1.29 is 13.5 Å². The molecule has 4 aromatic rings. The summed E-state index contributed by atoms with van der Waals surface area (Å²) in [6.07, 6.45) is 1.09. The van der Waals surface area contributed by atoms with Crippen LogP contribution in [0, 0.1) is 5.82 Å². The van der Waals surface area contributed by atoms with Crippen LogP contribution >= 0.6 is 23.1 Å². The van der Waals surface area contributed by atoms with Gasteiger partial charge in [-0.25, -0.2) is 9.37 Å². The van der Waals surface area contributed by atoms with Crippen molar-refractivity contribution in [3.63, 3.8) is 0 Å². The normalized spacial score (nSPS) is 12.4. The first kappa shape index (κ1) is 17.7. The van der Waals surface area contributed by atoms with Gasteiger partial charge in [-0.3, -0.25) is 9.20 Å². The number of ether oxygens (including phenoxy) is 1. The Balaban J connectivity index is 1.43. The fourth-order valence-electron chi connectivity index (χ4n) is 2.32. The fraction of sp³-hybridized carbons (Fsp3) is 0.176. The number of halogens is 1. The van der Waals surface area contributed by atoms with Crippen molar-refractivity contribution in [2.75, 3.05) is 0 Å². The first-order chi connectivity index (χ1) is 13.1. The molecule has 10 heteroatoms. The van der Waals surface area contributed by atoms with Gasteiger partial charge in [0.05, 0.1) is 5.69 Å². The molecule has 27 heavy (non-hydrogen) atoms. The van der Waals surface area contributed by atoms with Gasteiger partial charge in [0.2, 0.25) is 0 Å². The Morgan fingerprint density at radius 2 is 2.22 bits per heavy atom. The van der Waals surface area contributed by atoms with Gasteiger partial charge in [0.15, 0.2) is 22.6 Å². The van der Waals surface area contributed by atoms with Gasteiger partial charge in [-0.05, 0) is 19.1 Å². The average molecular weight is 404 g/mol. The van der Waals surface area contributed by atoms with Crippen molar-refractivity contribution >= 4 is 28.1 Å².